The summed E-state index contributed by atoms with van der Waals surface area (Å²) in [4.78, 5) is 11.3. The van der Waals surface area contributed by atoms with Gasteiger partial charge in [-0.3, -0.25) is 4.79 Å². The second-order valence-electron chi connectivity index (χ2n) is 2.91. The first-order valence-corrected chi connectivity index (χ1v) is 4.52. The first-order valence-electron chi connectivity index (χ1n) is 4.08. The Balaban J connectivity index is 3.00. The van der Waals surface area contributed by atoms with Crippen molar-refractivity contribution in [2.24, 2.45) is 0 Å². The molecule has 0 fully saturated rings. The van der Waals surface area contributed by atoms with Crippen molar-refractivity contribution in [1.82, 2.24) is 0 Å². The lowest BCUT2D eigenvalue weighted by atomic mass is 10.1. The Morgan fingerprint density at radius 3 is 2.57 bits per heavy atom. The van der Waals surface area contributed by atoms with Crippen LogP contribution in [0.25, 0.3) is 0 Å². The molecule has 0 aliphatic carbocycles. The van der Waals surface area contributed by atoms with Crippen LogP contribution < -0.4 is 0 Å². The quantitative estimate of drug-likeness (QED) is 0.561. The fourth-order valence-electron chi connectivity index (χ4n) is 1.06. The van der Waals surface area contributed by atoms with Gasteiger partial charge in [0.25, 0.3) is 6.43 Å². The van der Waals surface area contributed by atoms with Gasteiger partial charge in [0.05, 0.1) is 5.38 Å². The highest BCUT2D eigenvalue weighted by atomic mass is 35.5. The predicted octanol–water partition coefficient (Wildman–Crippen LogP) is 3.43. The van der Waals surface area contributed by atoms with Gasteiger partial charge in [0.1, 0.15) is 0 Å². The molecule has 1 unspecified atom stereocenters. The Labute approximate surface area is 85.7 Å². The lowest BCUT2D eigenvalue weighted by molar-refractivity contribution is 0.0991. The maximum absolute atomic E-state index is 12.3. The Morgan fingerprint density at radius 1 is 1.43 bits per heavy atom. The summed E-state index contributed by atoms with van der Waals surface area (Å²) in [6, 6.07) is 5.35. The molecule has 0 N–H and O–H groups in total. The highest BCUT2D eigenvalue weighted by Crippen LogP contribution is 2.20. The van der Waals surface area contributed by atoms with Crippen LogP contribution in [0, 0.1) is 0 Å². The van der Waals surface area contributed by atoms with Crippen molar-refractivity contribution in [1.29, 1.82) is 0 Å². The van der Waals surface area contributed by atoms with E-state index in [0.29, 0.717) is 0 Å². The third-order valence-corrected chi connectivity index (χ3v) is 1.98. The molecule has 1 aromatic rings. The van der Waals surface area contributed by atoms with Gasteiger partial charge in [0, 0.05) is 11.1 Å². The third-order valence-electron chi connectivity index (χ3n) is 1.78. The molecule has 0 aliphatic rings. The number of hydrogen-bond acceptors (Lipinski definition) is 1. The number of alkyl halides is 3. The van der Waals surface area contributed by atoms with E-state index in [2.05, 4.69) is 0 Å². The molecular weight excluding hydrogens is 210 g/mol. The molecule has 0 amide bonds. The van der Waals surface area contributed by atoms with E-state index in [9.17, 15) is 13.6 Å². The van der Waals surface area contributed by atoms with Crippen molar-refractivity contribution >= 4 is 17.4 Å². The lowest BCUT2D eigenvalue weighted by Crippen LogP contribution is -2.10. The Bertz CT molecular complexity index is 337. The second kappa shape index (κ2) is 4.51. The molecule has 1 rings (SSSR count). The zero-order valence-electron chi connectivity index (χ0n) is 7.51. The molecule has 0 spiro atoms. The number of carbonyl (C=O) groups excluding carboxylic acids is 1. The normalized spacial score (nSPS) is 12.9. The van der Waals surface area contributed by atoms with Gasteiger partial charge in [-0.2, -0.15) is 0 Å². The lowest BCUT2D eigenvalue weighted by Gasteiger charge is -2.04. The molecule has 0 aromatic heterocycles. The standard InChI is InChI=1S/C10H9ClF2O/c1-6(11)9(14)7-3-2-4-8(5-7)10(12)13/h2-6,10H,1H3. The maximum atomic E-state index is 12.3. The molecule has 4 heteroatoms. The number of benzene rings is 1. The van der Waals surface area contributed by atoms with Gasteiger partial charge in [-0.15, -0.1) is 11.6 Å². The van der Waals surface area contributed by atoms with Crippen LogP contribution in [0.5, 0.6) is 0 Å². The van der Waals surface area contributed by atoms with Gasteiger partial charge in [0.15, 0.2) is 5.78 Å². The van der Waals surface area contributed by atoms with Crippen molar-refractivity contribution < 1.29 is 13.6 Å². The first kappa shape index (κ1) is 11.1. The molecule has 0 heterocycles. The summed E-state index contributed by atoms with van der Waals surface area (Å²) in [6.45, 7) is 1.51. The van der Waals surface area contributed by atoms with Crippen molar-refractivity contribution in [2.45, 2.75) is 18.7 Å². The number of Topliss-reactive ketones (excluding diaryl/α,β-unsaturated/α-hetero) is 1. The monoisotopic (exact) mass is 218 g/mol. The Morgan fingerprint density at radius 2 is 2.07 bits per heavy atom. The van der Waals surface area contributed by atoms with Crippen LogP contribution in [0.1, 0.15) is 29.3 Å². The van der Waals surface area contributed by atoms with Gasteiger partial charge < -0.3 is 0 Å². The minimum Gasteiger partial charge on any atom is -0.293 e. The zero-order chi connectivity index (χ0) is 10.7. The van der Waals surface area contributed by atoms with Crippen molar-refractivity contribution in [3.8, 4) is 0 Å². The van der Waals surface area contributed by atoms with E-state index < -0.39 is 11.8 Å². The predicted molar refractivity (Wildman–Crippen MR) is 51.0 cm³/mol. The molecule has 0 aliphatic heterocycles. The van der Waals surface area contributed by atoms with E-state index in [1.165, 1.54) is 31.2 Å². The Kier molecular flexibility index (Phi) is 3.58. The molecule has 1 nitrogen and oxygen atoms in total. The summed E-state index contributed by atoms with van der Waals surface area (Å²) >= 11 is 5.56. The van der Waals surface area contributed by atoms with E-state index >= 15 is 0 Å². The molecule has 1 aromatic carbocycles. The largest absolute Gasteiger partial charge is 0.293 e. The average Bonchev–Trinajstić information content (AvgIpc) is 2.16. The van der Waals surface area contributed by atoms with Gasteiger partial charge in [-0.1, -0.05) is 18.2 Å². The topological polar surface area (TPSA) is 17.1 Å². The molecule has 0 radical (unpaired) electrons. The van der Waals surface area contributed by atoms with Crippen LogP contribution in [-0.2, 0) is 0 Å². The summed E-state index contributed by atoms with van der Waals surface area (Å²) < 4.78 is 24.5. The average molecular weight is 219 g/mol. The smallest absolute Gasteiger partial charge is 0.263 e. The fraction of sp³-hybridized carbons (Fsp3) is 0.300. The van der Waals surface area contributed by atoms with E-state index in [-0.39, 0.29) is 16.9 Å². The molecule has 0 saturated heterocycles. The molecule has 0 saturated carbocycles. The first-order chi connectivity index (χ1) is 6.52. The van der Waals surface area contributed by atoms with E-state index in [1.807, 2.05) is 0 Å². The van der Waals surface area contributed by atoms with E-state index in [1.54, 1.807) is 0 Å². The summed E-state index contributed by atoms with van der Waals surface area (Å²) in [6.07, 6.45) is -2.56. The number of halogens is 3. The number of carbonyl (C=O) groups is 1. The minimum absolute atomic E-state index is 0.159. The molecular formula is C10H9ClF2O. The summed E-state index contributed by atoms with van der Waals surface area (Å²) in [5, 5.41) is -0.692. The molecule has 76 valence electrons. The highest BCUT2D eigenvalue weighted by molar-refractivity contribution is 6.33. The van der Waals surface area contributed by atoms with Crippen molar-refractivity contribution in [3.63, 3.8) is 0 Å². The van der Waals surface area contributed by atoms with E-state index in [4.69, 9.17) is 11.6 Å². The highest BCUT2D eigenvalue weighted by Gasteiger charge is 2.14. The zero-order valence-corrected chi connectivity index (χ0v) is 8.26. The number of rotatable bonds is 3. The number of ketones is 1. The molecule has 1 atom stereocenters. The SMILES string of the molecule is CC(Cl)C(=O)c1cccc(C(F)F)c1. The van der Waals surface area contributed by atoms with Gasteiger partial charge in [-0.05, 0) is 13.0 Å². The third kappa shape index (κ3) is 2.51. The summed E-state index contributed by atoms with van der Waals surface area (Å²) in [7, 11) is 0. The van der Waals surface area contributed by atoms with E-state index in [0.717, 1.165) is 0 Å². The summed E-state index contributed by atoms with van der Waals surface area (Å²) in [5.74, 6) is -0.339. The van der Waals surface area contributed by atoms with Crippen LogP contribution >= 0.6 is 11.6 Å². The molecule has 14 heavy (non-hydrogen) atoms. The minimum atomic E-state index is -2.56. The van der Waals surface area contributed by atoms with Crippen LogP contribution in [0.15, 0.2) is 24.3 Å². The van der Waals surface area contributed by atoms with Crippen molar-refractivity contribution in [2.75, 3.05) is 0 Å². The number of hydrogen-bond donors (Lipinski definition) is 0. The van der Waals surface area contributed by atoms with Crippen LogP contribution in [0.3, 0.4) is 0 Å². The van der Waals surface area contributed by atoms with Crippen LogP contribution in [-0.4, -0.2) is 11.2 Å². The van der Waals surface area contributed by atoms with Gasteiger partial charge in [0.2, 0.25) is 0 Å². The van der Waals surface area contributed by atoms with Gasteiger partial charge >= 0.3 is 0 Å². The molecule has 0 bridgehead atoms. The van der Waals surface area contributed by atoms with Crippen LogP contribution in [0.4, 0.5) is 8.78 Å². The van der Waals surface area contributed by atoms with Crippen molar-refractivity contribution in [3.05, 3.63) is 35.4 Å². The van der Waals surface area contributed by atoms with Crippen LogP contribution in [0.2, 0.25) is 0 Å². The maximum Gasteiger partial charge on any atom is 0.263 e. The fourth-order valence-corrected chi connectivity index (χ4v) is 1.18. The summed E-state index contributed by atoms with van der Waals surface area (Å²) in [5.41, 5.74) is 0.0680. The van der Waals surface area contributed by atoms with Gasteiger partial charge in [-0.25, -0.2) is 8.78 Å². The second-order valence-corrected chi connectivity index (χ2v) is 3.56. The Hall–Kier alpha value is -0.960.